The van der Waals surface area contributed by atoms with E-state index < -0.39 is 14.4 Å². The molecule has 0 bridgehead atoms. The maximum atomic E-state index is 2.44. The van der Waals surface area contributed by atoms with Crippen LogP contribution in [0.3, 0.4) is 0 Å². The minimum absolute atomic E-state index is 0.835. The van der Waals surface area contributed by atoms with Crippen molar-refractivity contribution in [2.45, 2.75) is 52.1 Å². The maximum absolute atomic E-state index is 2.44. The average Bonchev–Trinajstić information content (AvgIpc) is 1.92. The highest BCUT2D eigenvalue weighted by molar-refractivity contribution is 8.29. The van der Waals surface area contributed by atoms with E-state index in [1.54, 1.807) is 0 Å². The van der Waals surface area contributed by atoms with Gasteiger partial charge in [-0.15, -0.1) is 0 Å². The van der Waals surface area contributed by atoms with Crippen LogP contribution in [0.5, 0.6) is 0 Å². The lowest BCUT2D eigenvalue weighted by molar-refractivity contribution is 0.911. The normalized spacial score (nSPS) is 13.3. The molecule has 4 heteroatoms. The van der Waals surface area contributed by atoms with Crippen LogP contribution in [0.15, 0.2) is 0 Å². The van der Waals surface area contributed by atoms with Crippen LogP contribution in [-0.4, -0.2) is 26.0 Å². The van der Waals surface area contributed by atoms with E-state index in [1.165, 1.54) is 24.3 Å². The Morgan fingerprint density at radius 3 is 1.14 bits per heavy atom. The predicted octanol–water partition coefficient (Wildman–Crippen LogP) is 4.90. The van der Waals surface area contributed by atoms with E-state index in [-0.39, 0.29) is 0 Å². The molecule has 0 saturated heterocycles. The summed E-state index contributed by atoms with van der Waals surface area (Å²) in [5.41, 5.74) is 0. The van der Waals surface area contributed by atoms with Crippen LogP contribution in [0.4, 0.5) is 0 Å². The molecule has 0 spiro atoms. The molecule has 0 N–H and O–H groups in total. The fourth-order valence-corrected chi connectivity index (χ4v) is 7.42. The topological polar surface area (TPSA) is 0 Å². The van der Waals surface area contributed by atoms with Crippen LogP contribution < -0.4 is 0 Å². The van der Waals surface area contributed by atoms with Crippen molar-refractivity contribution in [2.24, 2.45) is 0 Å². The van der Waals surface area contributed by atoms with Gasteiger partial charge in [0.05, 0.1) is 0 Å². The summed E-state index contributed by atoms with van der Waals surface area (Å²) in [5.74, 6) is 2.78. The molecule has 0 saturated carbocycles. The Morgan fingerprint density at radius 2 is 0.929 bits per heavy atom. The molecule has 0 fully saturated rings. The highest BCUT2D eigenvalue weighted by Crippen LogP contribution is 2.23. The van der Waals surface area contributed by atoms with Gasteiger partial charge >= 0.3 is 0 Å². The summed E-state index contributed by atoms with van der Waals surface area (Å²) in [6, 6.07) is 0. The standard InChI is InChI=1S/C10H26S2Si2/c1-13(2,3)11-9-7-8-10-12-14(4,5)6/h7-10H2,1-6H3. The molecule has 0 aromatic rings. The van der Waals surface area contributed by atoms with Crippen LogP contribution in [-0.2, 0) is 0 Å². The van der Waals surface area contributed by atoms with Gasteiger partial charge < -0.3 is 0 Å². The summed E-state index contributed by atoms with van der Waals surface area (Å²) in [6.45, 7) is 14.6. The lowest BCUT2D eigenvalue weighted by Gasteiger charge is -2.16. The first kappa shape index (κ1) is 15.1. The first-order valence-electron chi connectivity index (χ1n) is 5.49. The molecule has 0 aliphatic rings. The molecule has 0 amide bonds. The number of unbranched alkanes of at least 4 members (excludes halogenated alkanes) is 1. The Balaban J connectivity index is 3.23. The zero-order chi connectivity index (χ0) is 11.2. The van der Waals surface area contributed by atoms with E-state index in [2.05, 4.69) is 61.7 Å². The molecule has 0 nitrogen and oxygen atoms in total. The van der Waals surface area contributed by atoms with Gasteiger partial charge in [0, 0.05) is 0 Å². The van der Waals surface area contributed by atoms with Crippen LogP contribution >= 0.6 is 22.4 Å². The Kier molecular flexibility index (Phi) is 7.20. The molecule has 0 aliphatic heterocycles. The quantitative estimate of drug-likeness (QED) is 0.475. The highest BCUT2D eigenvalue weighted by atomic mass is 32.4. The first-order chi connectivity index (χ1) is 6.21. The zero-order valence-electron chi connectivity index (χ0n) is 10.6. The average molecular weight is 267 g/mol. The van der Waals surface area contributed by atoms with Crippen LogP contribution in [0.25, 0.3) is 0 Å². The molecule has 0 rings (SSSR count). The second kappa shape index (κ2) is 6.66. The second-order valence-corrected chi connectivity index (χ2v) is 24.6. The van der Waals surface area contributed by atoms with Crippen molar-refractivity contribution in [3.63, 3.8) is 0 Å². The maximum Gasteiger partial charge on any atom is 0.108 e. The van der Waals surface area contributed by atoms with Gasteiger partial charge in [-0.25, -0.2) is 0 Å². The van der Waals surface area contributed by atoms with Crippen molar-refractivity contribution in [3.05, 3.63) is 0 Å². The molecule has 0 heterocycles. The van der Waals surface area contributed by atoms with Crippen LogP contribution in [0.1, 0.15) is 12.8 Å². The fraction of sp³-hybridized carbons (Fsp3) is 1.00. The van der Waals surface area contributed by atoms with Crippen molar-refractivity contribution in [1.82, 2.24) is 0 Å². The molecule has 0 aliphatic carbocycles. The van der Waals surface area contributed by atoms with Crippen molar-refractivity contribution >= 4 is 36.9 Å². The molecular weight excluding hydrogens is 240 g/mol. The molecule has 0 unspecified atom stereocenters. The summed E-state index contributed by atoms with van der Waals surface area (Å²) < 4.78 is 0. The smallest absolute Gasteiger partial charge is 0.108 e. The van der Waals surface area contributed by atoms with Gasteiger partial charge in [-0.1, -0.05) is 39.3 Å². The number of hydrogen-bond donors (Lipinski definition) is 0. The first-order valence-corrected chi connectivity index (χ1v) is 15.9. The summed E-state index contributed by atoms with van der Waals surface area (Å²) >= 11 is 4.46. The molecule has 0 aromatic carbocycles. The Bertz CT molecular complexity index is 129. The largest absolute Gasteiger partial charge is 0.186 e. The number of rotatable bonds is 7. The Morgan fingerprint density at radius 1 is 0.643 bits per heavy atom. The van der Waals surface area contributed by atoms with Crippen LogP contribution in [0, 0.1) is 0 Å². The third-order valence-corrected chi connectivity index (χ3v) is 10.7. The van der Waals surface area contributed by atoms with E-state index in [4.69, 9.17) is 0 Å². The van der Waals surface area contributed by atoms with Gasteiger partial charge in [0.15, 0.2) is 0 Å². The Labute approximate surface area is 100 Å². The lowest BCUT2D eigenvalue weighted by Crippen LogP contribution is -2.16. The fourth-order valence-electron chi connectivity index (χ4n) is 0.961. The van der Waals surface area contributed by atoms with E-state index in [0.717, 1.165) is 0 Å². The van der Waals surface area contributed by atoms with Crippen molar-refractivity contribution in [1.29, 1.82) is 0 Å². The minimum Gasteiger partial charge on any atom is -0.186 e. The molecule has 86 valence electrons. The van der Waals surface area contributed by atoms with Gasteiger partial charge in [-0.05, 0) is 24.3 Å². The molecule has 14 heavy (non-hydrogen) atoms. The van der Waals surface area contributed by atoms with E-state index in [1.807, 2.05) is 0 Å². The second-order valence-electron chi connectivity index (χ2n) is 5.63. The molecule has 0 aromatic heterocycles. The Hall–Kier alpha value is 1.13. The van der Waals surface area contributed by atoms with Crippen LogP contribution in [0.2, 0.25) is 39.3 Å². The van der Waals surface area contributed by atoms with E-state index in [0.29, 0.717) is 0 Å². The van der Waals surface area contributed by atoms with Gasteiger partial charge in [0.2, 0.25) is 0 Å². The highest BCUT2D eigenvalue weighted by Gasteiger charge is 2.14. The SMILES string of the molecule is C[Si](C)(C)SCCCCS[Si](C)(C)C. The molecule has 0 radical (unpaired) electrons. The predicted molar refractivity (Wildman–Crippen MR) is 80.8 cm³/mol. The van der Waals surface area contributed by atoms with E-state index in [9.17, 15) is 0 Å². The van der Waals surface area contributed by atoms with Gasteiger partial charge in [-0.2, -0.15) is 22.4 Å². The van der Waals surface area contributed by atoms with Crippen molar-refractivity contribution < 1.29 is 0 Å². The van der Waals surface area contributed by atoms with Gasteiger partial charge in [0.1, 0.15) is 14.4 Å². The number of hydrogen-bond acceptors (Lipinski definition) is 2. The summed E-state index contributed by atoms with van der Waals surface area (Å²) in [4.78, 5) is 0. The third-order valence-electron chi connectivity index (χ3n) is 1.61. The van der Waals surface area contributed by atoms with Gasteiger partial charge in [0.25, 0.3) is 0 Å². The minimum atomic E-state index is -0.835. The monoisotopic (exact) mass is 266 g/mol. The van der Waals surface area contributed by atoms with Gasteiger partial charge in [-0.3, -0.25) is 0 Å². The summed E-state index contributed by atoms with van der Waals surface area (Å²) in [6.07, 6.45) is 2.85. The lowest BCUT2D eigenvalue weighted by atomic mass is 10.4. The van der Waals surface area contributed by atoms with E-state index >= 15 is 0 Å². The van der Waals surface area contributed by atoms with Crippen molar-refractivity contribution in [3.8, 4) is 0 Å². The zero-order valence-corrected chi connectivity index (χ0v) is 14.3. The summed E-state index contributed by atoms with van der Waals surface area (Å²) in [7, 11) is -1.67. The molecular formula is C10H26S2Si2. The van der Waals surface area contributed by atoms with Crippen molar-refractivity contribution in [2.75, 3.05) is 11.5 Å². The third kappa shape index (κ3) is 13.1. The molecule has 0 atom stereocenters. The summed E-state index contributed by atoms with van der Waals surface area (Å²) in [5, 5.41) is 0.